The molecule has 1 aromatic carbocycles. The standard InChI is InChI=1S/C22H31N3O2S/c1-3-23-22(25-17(2)21-8-5-13-28-21)24-15-18-6-4-7-19(14-18)16-27-20-9-11-26-12-10-20/h4-8,13-14,17,20H,3,9-12,15-16H2,1-2H3,(H2,23,24,25). The van der Waals surface area contributed by atoms with Gasteiger partial charge in [-0.1, -0.05) is 30.3 Å². The summed E-state index contributed by atoms with van der Waals surface area (Å²) in [7, 11) is 0. The van der Waals surface area contributed by atoms with Gasteiger partial charge in [-0.05, 0) is 49.3 Å². The maximum absolute atomic E-state index is 6.04. The molecule has 0 saturated carbocycles. The van der Waals surface area contributed by atoms with Crippen molar-refractivity contribution in [1.82, 2.24) is 10.6 Å². The molecule has 1 aliphatic rings. The van der Waals surface area contributed by atoms with Crippen LogP contribution in [0.15, 0.2) is 46.8 Å². The van der Waals surface area contributed by atoms with E-state index in [0.717, 1.165) is 38.6 Å². The van der Waals surface area contributed by atoms with Crippen LogP contribution in [0.25, 0.3) is 0 Å². The SMILES string of the molecule is CCNC(=NCc1cccc(COC2CCOCC2)c1)NC(C)c1cccs1. The van der Waals surface area contributed by atoms with Gasteiger partial charge in [0.15, 0.2) is 5.96 Å². The molecule has 152 valence electrons. The van der Waals surface area contributed by atoms with Crippen LogP contribution < -0.4 is 10.6 Å². The Morgan fingerprint density at radius 1 is 1.25 bits per heavy atom. The summed E-state index contributed by atoms with van der Waals surface area (Å²) in [6, 6.07) is 13.0. The molecule has 2 heterocycles. The number of hydrogen-bond acceptors (Lipinski definition) is 4. The first-order chi connectivity index (χ1) is 13.7. The van der Waals surface area contributed by atoms with Gasteiger partial charge >= 0.3 is 0 Å². The van der Waals surface area contributed by atoms with Gasteiger partial charge in [0.1, 0.15) is 0 Å². The Morgan fingerprint density at radius 3 is 2.82 bits per heavy atom. The maximum atomic E-state index is 6.04. The van der Waals surface area contributed by atoms with E-state index < -0.39 is 0 Å². The van der Waals surface area contributed by atoms with Gasteiger partial charge in [-0.15, -0.1) is 11.3 Å². The fourth-order valence-electron chi connectivity index (χ4n) is 3.18. The fourth-order valence-corrected chi connectivity index (χ4v) is 3.91. The van der Waals surface area contributed by atoms with Crippen LogP contribution in [-0.2, 0) is 22.6 Å². The number of benzene rings is 1. The second-order valence-electron chi connectivity index (χ2n) is 7.02. The quantitative estimate of drug-likeness (QED) is 0.513. The van der Waals surface area contributed by atoms with Gasteiger partial charge in [0, 0.05) is 24.6 Å². The molecule has 5 nitrogen and oxygen atoms in total. The van der Waals surface area contributed by atoms with Crippen LogP contribution in [0.1, 0.15) is 48.7 Å². The summed E-state index contributed by atoms with van der Waals surface area (Å²) in [6.45, 7) is 7.98. The number of nitrogens with zero attached hydrogens (tertiary/aromatic N) is 1. The molecule has 0 radical (unpaired) electrons. The number of aliphatic imine (C=N–C) groups is 1. The van der Waals surface area contributed by atoms with Crippen molar-refractivity contribution in [2.75, 3.05) is 19.8 Å². The Hall–Kier alpha value is -1.89. The van der Waals surface area contributed by atoms with E-state index in [9.17, 15) is 0 Å². The Balaban J connectivity index is 1.55. The fraction of sp³-hybridized carbons (Fsp3) is 0.500. The van der Waals surface area contributed by atoms with Gasteiger partial charge in [0.2, 0.25) is 0 Å². The lowest BCUT2D eigenvalue weighted by molar-refractivity contribution is -0.0390. The molecule has 1 saturated heterocycles. The number of ether oxygens (including phenoxy) is 2. The van der Waals surface area contributed by atoms with Crippen molar-refractivity contribution in [3.8, 4) is 0 Å². The molecule has 0 bridgehead atoms. The van der Waals surface area contributed by atoms with Gasteiger partial charge in [-0.2, -0.15) is 0 Å². The van der Waals surface area contributed by atoms with Crippen molar-refractivity contribution in [3.05, 3.63) is 57.8 Å². The van der Waals surface area contributed by atoms with Gasteiger partial charge in [0.25, 0.3) is 0 Å². The second kappa shape index (κ2) is 11.2. The van der Waals surface area contributed by atoms with Crippen LogP contribution in [0.5, 0.6) is 0 Å². The molecule has 1 aliphatic heterocycles. The number of thiophene rings is 1. The predicted molar refractivity (Wildman–Crippen MR) is 116 cm³/mol. The molecule has 1 fully saturated rings. The van der Waals surface area contributed by atoms with Crippen molar-refractivity contribution < 1.29 is 9.47 Å². The highest BCUT2D eigenvalue weighted by Crippen LogP contribution is 2.18. The Bertz CT molecular complexity index is 727. The van der Waals surface area contributed by atoms with E-state index >= 15 is 0 Å². The molecule has 1 aromatic heterocycles. The normalized spacial score (nSPS) is 16.7. The molecular weight excluding hydrogens is 370 g/mol. The summed E-state index contributed by atoms with van der Waals surface area (Å²) in [5, 5.41) is 8.92. The molecule has 1 atom stereocenters. The third-order valence-corrected chi connectivity index (χ3v) is 5.79. The van der Waals surface area contributed by atoms with Crippen LogP contribution in [0, 0.1) is 0 Å². The van der Waals surface area contributed by atoms with E-state index in [1.54, 1.807) is 11.3 Å². The van der Waals surface area contributed by atoms with Gasteiger partial charge in [0.05, 0.1) is 25.3 Å². The highest BCUT2D eigenvalue weighted by Gasteiger charge is 2.14. The van der Waals surface area contributed by atoms with E-state index in [2.05, 4.69) is 66.3 Å². The van der Waals surface area contributed by atoms with Crippen molar-refractivity contribution in [1.29, 1.82) is 0 Å². The van der Waals surface area contributed by atoms with Crippen molar-refractivity contribution in [3.63, 3.8) is 0 Å². The summed E-state index contributed by atoms with van der Waals surface area (Å²) in [5.41, 5.74) is 2.39. The zero-order chi connectivity index (χ0) is 19.6. The van der Waals surface area contributed by atoms with Crippen LogP contribution in [0.4, 0.5) is 0 Å². The molecular formula is C22H31N3O2S. The Morgan fingerprint density at radius 2 is 2.07 bits per heavy atom. The van der Waals surface area contributed by atoms with Gasteiger partial charge in [-0.25, -0.2) is 4.99 Å². The van der Waals surface area contributed by atoms with Crippen molar-refractivity contribution in [2.24, 2.45) is 4.99 Å². The summed E-state index contributed by atoms with van der Waals surface area (Å²) >= 11 is 1.76. The van der Waals surface area contributed by atoms with Crippen LogP contribution in [0.3, 0.4) is 0 Å². The van der Waals surface area contributed by atoms with Crippen LogP contribution >= 0.6 is 11.3 Å². The average molecular weight is 402 g/mol. The second-order valence-corrected chi connectivity index (χ2v) is 8.00. The number of nitrogens with one attached hydrogen (secondary N) is 2. The first-order valence-corrected chi connectivity index (χ1v) is 11.0. The number of hydrogen-bond donors (Lipinski definition) is 2. The zero-order valence-corrected chi connectivity index (χ0v) is 17.6. The van der Waals surface area contributed by atoms with Crippen molar-refractivity contribution in [2.45, 2.75) is 52.0 Å². The molecule has 2 aromatic rings. The van der Waals surface area contributed by atoms with Gasteiger partial charge < -0.3 is 20.1 Å². The number of rotatable bonds is 8. The largest absolute Gasteiger partial charge is 0.381 e. The van der Waals surface area contributed by atoms with Crippen LogP contribution in [0.2, 0.25) is 0 Å². The Labute approximate surface area is 172 Å². The molecule has 0 spiro atoms. The Kier molecular flexibility index (Phi) is 8.33. The summed E-state index contributed by atoms with van der Waals surface area (Å²) in [5.74, 6) is 0.840. The minimum atomic E-state index is 0.233. The smallest absolute Gasteiger partial charge is 0.192 e. The molecule has 0 aliphatic carbocycles. The average Bonchev–Trinajstić information content (AvgIpc) is 3.27. The van der Waals surface area contributed by atoms with E-state index in [1.165, 1.54) is 16.0 Å². The van der Waals surface area contributed by atoms with E-state index in [1.807, 2.05) is 0 Å². The molecule has 3 rings (SSSR count). The van der Waals surface area contributed by atoms with E-state index in [-0.39, 0.29) is 6.04 Å². The summed E-state index contributed by atoms with van der Waals surface area (Å²) in [4.78, 5) is 6.07. The first kappa shape index (κ1) is 20.8. The monoisotopic (exact) mass is 401 g/mol. The van der Waals surface area contributed by atoms with Crippen molar-refractivity contribution >= 4 is 17.3 Å². The lowest BCUT2D eigenvalue weighted by atomic mass is 10.1. The summed E-state index contributed by atoms with van der Waals surface area (Å²) < 4.78 is 11.4. The summed E-state index contributed by atoms with van der Waals surface area (Å²) in [6.07, 6.45) is 2.30. The predicted octanol–water partition coefficient (Wildman–Crippen LogP) is 4.26. The van der Waals surface area contributed by atoms with E-state index in [0.29, 0.717) is 19.3 Å². The highest BCUT2D eigenvalue weighted by molar-refractivity contribution is 7.10. The lowest BCUT2D eigenvalue weighted by Crippen LogP contribution is -2.38. The van der Waals surface area contributed by atoms with Crippen LogP contribution in [-0.4, -0.2) is 31.8 Å². The third kappa shape index (κ3) is 6.62. The molecule has 28 heavy (non-hydrogen) atoms. The maximum Gasteiger partial charge on any atom is 0.192 e. The first-order valence-electron chi connectivity index (χ1n) is 10.1. The van der Waals surface area contributed by atoms with E-state index in [4.69, 9.17) is 14.5 Å². The lowest BCUT2D eigenvalue weighted by Gasteiger charge is -2.22. The molecule has 0 amide bonds. The highest BCUT2D eigenvalue weighted by atomic mass is 32.1. The molecule has 1 unspecified atom stereocenters. The third-order valence-electron chi connectivity index (χ3n) is 4.73. The number of guanidine groups is 1. The topological polar surface area (TPSA) is 54.9 Å². The minimum absolute atomic E-state index is 0.233. The minimum Gasteiger partial charge on any atom is -0.381 e. The van der Waals surface area contributed by atoms with Gasteiger partial charge in [-0.3, -0.25) is 0 Å². The zero-order valence-electron chi connectivity index (χ0n) is 16.8. The molecule has 2 N–H and O–H groups in total. The molecule has 6 heteroatoms.